The number of rotatable bonds is 7. The summed E-state index contributed by atoms with van der Waals surface area (Å²) in [4.78, 5) is 0. The first kappa shape index (κ1) is 21.7. The van der Waals surface area contributed by atoms with Crippen molar-refractivity contribution >= 4 is 0 Å². The third-order valence-corrected chi connectivity index (χ3v) is 4.58. The topological polar surface area (TPSA) is 18.5 Å². The Kier molecular flexibility index (Phi) is 6.65. The second kappa shape index (κ2) is 9.20. The smallest absolute Gasteiger partial charge is 0.416 e. The normalized spacial score (nSPS) is 12.5. The third kappa shape index (κ3) is 5.53. The fourth-order valence-corrected chi connectivity index (χ4v) is 3.02. The van der Waals surface area contributed by atoms with E-state index >= 15 is 0 Å². The van der Waals surface area contributed by atoms with Gasteiger partial charge < -0.3 is 9.47 Å². The van der Waals surface area contributed by atoms with Gasteiger partial charge >= 0.3 is 6.18 Å². The predicted molar refractivity (Wildman–Crippen MR) is 108 cm³/mol. The van der Waals surface area contributed by atoms with Gasteiger partial charge in [-0.3, -0.25) is 0 Å². The van der Waals surface area contributed by atoms with E-state index in [1.54, 1.807) is 13.0 Å². The fraction of sp³-hybridized carbons (Fsp3) is 0.250. The number of halogens is 4. The summed E-state index contributed by atoms with van der Waals surface area (Å²) < 4.78 is 65.4. The fourth-order valence-electron chi connectivity index (χ4n) is 3.02. The quantitative estimate of drug-likeness (QED) is 0.383. The molecule has 0 aliphatic rings. The van der Waals surface area contributed by atoms with Crippen molar-refractivity contribution in [3.8, 4) is 22.6 Å². The van der Waals surface area contributed by atoms with Crippen LogP contribution in [0.5, 0.6) is 11.5 Å². The molecule has 0 aliphatic heterocycles. The third-order valence-electron chi connectivity index (χ3n) is 4.58. The number of ether oxygens (including phenoxy) is 2. The highest BCUT2D eigenvalue weighted by molar-refractivity contribution is 5.72. The standard InChI is InChI=1S/C24H22F4O2/c1-16-6-5-7-19(14-16)29-13-12-17(2)30-23-11-10-18(24(26,27)28)15-21(23)20-8-3-4-9-22(20)25/h3-11,14-15,17H,12-13H2,1-2H3. The Morgan fingerprint density at radius 2 is 1.67 bits per heavy atom. The molecule has 3 aromatic rings. The van der Waals surface area contributed by atoms with Crippen molar-refractivity contribution in [2.45, 2.75) is 32.5 Å². The van der Waals surface area contributed by atoms with E-state index in [-0.39, 0.29) is 23.0 Å². The van der Waals surface area contributed by atoms with Crippen molar-refractivity contribution in [1.29, 1.82) is 0 Å². The zero-order valence-corrected chi connectivity index (χ0v) is 16.7. The maximum atomic E-state index is 14.3. The number of aryl methyl sites for hydroxylation is 1. The first-order valence-corrected chi connectivity index (χ1v) is 9.56. The molecule has 0 aromatic heterocycles. The maximum Gasteiger partial charge on any atom is 0.416 e. The molecule has 1 atom stereocenters. The molecule has 0 saturated heterocycles. The van der Waals surface area contributed by atoms with Gasteiger partial charge in [-0.15, -0.1) is 0 Å². The van der Waals surface area contributed by atoms with E-state index in [4.69, 9.17) is 9.47 Å². The molecule has 3 rings (SSSR count). The average Bonchev–Trinajstić information content (AvgIpc) is 2.68. The van der Waals surface area contributed by atoms with Gasteiger partial charge in [0, 0.05) is 17.5 Å². The Bertz CT molecular complexity index is 998. The molecule has 0 spiro atoms. The van der Waals surface area contributed by atoms with Gasteiger partial charge in [0.25, 0.3) is 0 Å². The molecule has 0 aliphatic carbocycles. The Balaban J connectivity index is 1.76. The van der Waals surface area contributed by atoms with Crippen LogP contribution in [0, 0.1) is 12.7 Å². The summed E-state index contributed by atoms with van der Waals surface area (Å²) in [6.45, 7) is 4.14. The molecule has 0 N–H and O–H groups in total. The summed E-state index contributed by atoms with van der Waals surface area (Å²) in [5, 5.41) is 0. The van der Waals surface area contributed by atoms with E-state index < -0.39 is 17.6 Å². The van der Waals surface area contributed by atoms with Crippen molar-refractivity contribution in [2.75, 3.05) is 6.61 Å². The van der Waals surface area contributed by atoms with Crippen LogP contribution in [0.15, 0.2) is 66.7 Å². The van der Waals surface area contributed by atoms with E-state index in [1.807, 2.05) is 31.2 Å². The molecule has 0 fully saturated rings. The van der Waals surface area contributed by atoms with Crippen LogP contribution in [-0.4, -0.2) is 12.7 Å². The van der Waals surface area contributed by atoms with E-state index in [9.17, 15) is 17.6 Å². The molecule has 3 aromatic carbocycles. The van der Waals surface area contributed by atoms with Crippen LogP contribution in [0.25, 0.3) is 11.1 Å². The van der Waals surface area contributed by atoms with Crippen LogP contribution in [0.1, 0.15) is 24.5 Å². The van der Waals surface area contributed by atoms with Crippen LogP contribution in [0.3, 0.4) is 0 Å². The number of alkyl halides is 3. The van der Waals surface area contributed by atoms with Crippen LogP contribution < -0.4 is 9.47 Å². The Hall–Kier alpha value is -3.02. The monoisotopic (exact) mass is 418 g/mol. The molecule has 1 unspecified atom stereocenters. The lowest BCUT2D eigenvalue weighted by Crippen LogP contribution is -2.16. The van der Waals surface area contributed by atoms with Crippen LogP contribution in [0.4, 0.5) is 17.6 Å². The maximum absolute atomic E-state index is 14.3. The molecule has 6 heteroatoms. The minimum atomic E-state index is -4.54. The SMILES string of the molecule is Cc1cccc(OCCC(C)Oc2ccc(C(F)(F)F)cc2-c2ccccc2F)c1. The van der Waals surface area contributed by atoms with Gasteiger partial charge in [0.2, 0.25) is 0 Å². The van der Waals surface area contributed by atoms with Crippen molar-refractivity contribution in [3.63, 3.8) is 0 Å². The second-order valence-corrected chi connectivity index (χ2v) is 7.07. The van der Waals surface area contributed by atoms with Gasteiger partial charge in [-0.2, -0.15) is 13.2 Å². The van der Waals surface area contributed by atoms with Crippen molar-refractivity contribution < 1.29 is 27.0 Å². The van der Waals surface area contributed by atoms with Crippen LogP contribution in [0.2, 0.25) is 0 Å². The summed E-state index contributed by atoms with van der Waals surface area (Å²) in [5.41, 5.74) is 0.343. The number of hydrogen-bond acceptors (Lipinski definition) is 2. The van der Waals surface area contributed by atoms with Gasteiger partial charge in [-0.1, -0.05) is 30.3 Å². The van der Waals surface area contributed by atoms with Gasteiger partial charge in [0.05, 0.1) is 18.3 Å². The van der Waals surface area contributed by atoms with Gasteiger partial charge in [-0.05, 0) is 55.8 Å². The molecule has 0 amide bonds. The molecule has 0 heterocycles. The summed E-state index contributed by atoms with van der Waals surface area (Å²) in [6, 6.07) is 16.4. The van der Waals surface area contributed by atoms with E-state index in [1.165, 1.54) is 24.3 Å². The Morgan fingerprint density at radius 1 is 0.900 bits per heavy atom. The summed E-state index contributed by atoms with van der Waals surface area (Å²) in [6.07, 6.45) is -4.38. The van der Waals surface area contributed by atoms with Gasteiger partial charge in [0.1, 0.15) is 17.3 Å². The number of benzene rings is 3. The molecule has 30 heavy (non-hydrogen) atoms. The Morgan fingerprint density at radius 3 is 2.37 bits per heavy atom. The van der Waals surface area contributed by atoms with Crippen molar-refractivity contribution in [3.05, 3.63) is 83.7 Å². The van der Waals surface area contributed by atoms with Crippen molar-refractivity contribution in [1.82, 2.24) is 0 Å². The Labute approximate surface area is 173 Å². The lowest BCUT2D eigenvalue weighted by atomic mass is 10.0. The van der Waals surface area contributed by atoms with Gasteiger partial charge in [0.15, 0.2) is 0 Å². The van der Waals surface area contributed by atoms with E-state index in [2.05, 4.69) is 0 Å². The van der Waals surface area contributed by atoms with Crippen LogP contribution in [-0.2, 0) is 6.18 Å². The molecule has 158 valence electrons. The largest absolute Gasteiger partial charge is 0.493 e. The zero-order chi connectivity index (χ0) is 21.7. The second-order valence-electron chi connectivity index (χ2n) is 7.07. The highest BCUT2D eigenvalue weighted by Crippen LogP contribution is 2.38. The summed E-state index contributed by atoms with van der Waals surface area (Å²) in [5.74, 6) is 0.317. The first-order chi connectivity index (χ1) is 14.2. The van der Waals surface area contributed by atoms with Crippen molar-refractivity contribution in [2.24, 2.45) is 0 Å². The minimum absolute atomic E-state index is 0.0572. The predicted octanol–water partition coefficient (Wildman–Crippen LogP) is 7.06. The summed E-state index contributed by atoms with van der Waals surface area (Å²) >= 11 is 0. The zero-order valence-electron chi connectivity index (χ0n) is 16.7. The lowest BCUT2D eigenvalue weighted by Gasteiger charge is -2.19. The number of hydrogen-bond donors (Lipinski definition) is 0. The lowest BCUT2D eigenvalue weighted by molar-refractivity contribution is -0.137. The minimum Gasteiger partial charge on any atom is -0.493 e. The molecule has 0 bridgehead atoms. The van der Waals surface area contributed by atoms with Crippen LogP contribution >= 0.6 is 0 Å². The average molecular weight is 418 g/mol. The van der Waals surface area contributed by atoms with E-state index in [0.29, 0.717) is 13.0 Å². The molecular weight excluding hydrogens is 396 g/mol. The highest BCUT2D eigenvalue weighted by atomic mass is 19.4. The van der Waals surface area contributed by atoms with Gasteiger partial charge in [-0.25, -0.2) is 4.39 Å². The first-order valence-electron chi connectivity index (χ1n) is 9.56. The molecule has 0 radical (unpaired) electrons. The highest BCUT2D eigenvalue weighted by Gasteiger charge is 2.31. The molecule has 0 saturated carbocycles. The van der Waals surface area contributed by atoms with E-state index in [0.717, 1.165) is 23.4 Å². The molecule has 2 nitrogen and oxygen atoms in total. The molecular formula is C24H22F4O2. The summed E-state index contributed by atoms with van der Waals surface area (Å²) in [7, 11) is 0.